The summed E-state index contributed by atoms with van der Waals surface area (Å²) >= 11 is 7.46. The largest absolute Gasteiger partial charge is 0.338 e. The third kappa shape index (κ3) is 4.30. The Morgan fingerprint density at radius 3 is 2.37 bits per heavy atom. The van der Waals surface area contributed by atoms with E-state index < -0.39 is 0 Å². The molecule has 1 fully saturated rings. The van der Waals surface area contributed by atoms with Gasteiger partial charge >= 0.3 is 0 Å². The number of amides is 1. The molecular formula is C23H27ClN4OS. The predicted octanol–water partition coefficient (Wildman–Crippen LogP) is 5.51. The molecule has 158 valence electrons. The van der Waals surface area contributed by atoms with Gasteiger partial charge < -0.3 is 4.90 Å². The maximum Gasteiger partial charge on any atom is 0.265 e. The van der Waals surface area contributed by atoms with Crippen molar-refractivity contribution in [3.63, 3.8) is 0 Å². The first-order valence-corrected chi connectivity index (χ1v) is 11.7. The van der Waals surface area contributed by atoms with E-state index in [1.54, 1.807) is 0 Å². The molecule has 1 aromatic carbocycles. The van der Waals surface area contributed by atoms with Gasteiger partial charge in [0.15, 0.2) is 0 Å². The summed E-state index contributed by atoms with van der Waals surface area (Å²) in [5, 5.41) is 6.25. The number of carbonyl (C=O) groups excluding carboxylic acids is 1. The Bertz CT molecular complexity index is 1050. The Labute approximate surface area is 186 Å². The van der Waals surface area contributed by atoms with Crippen molar-refractivity contribution in [2.45, 2.75) is 52.9 Å². The van der Waals surface area contributed by atoms with E-state index in [9.17, 15) is 4.79 Å². The second-order valence-electron chi connectivity index (χ2n) is 7.98. The highest BCUT2D eigenvalue weighted by Crippen LogP contribution is 2.28. The minimum absolute atomic E-state index is 0.112. The summed E-state index contributed by atoms with van der Waals surface area (Å²) in [5.74, 6) is 0.112. The number of nitrogens with zero attached hydrogens (tertiary/aromatic N) is 4. The van der Waals surface area contributed by atoms with Crippen molar-refractivity contribution in [1.29, 1.82) is 0 Å². The molecule has 3 heterocycles. The number of thiazole rings is 1. The first-order valence-electron chi connectivity index (χ1n) is 10.5. The molecule has 1 aliphatic rings. The van der Waals surface area contributed by atoms with E-state index >= 15 is 0 Å². The summed E-state index contributed by atoms with van der Waals surface area (Å²) in [6.07, 6.45) is 5.38. The van der Waals surface area contributed by atoms with Crippen molar-refractivity contribution in [2.24, 2.45) is 0 Å². The lowest BCUT2D eigenvalue weighted by atomic mass is 10.0. The molecule has 0 atom stereocenters. The molecule has 7 heteroatoms. The van der Waals surface area contributed by atoms with Crippen LogP contribution in [0.4, 0.5) is 0 Å². The van der Waals surface area contributed by atoms with E-state index in [2.05, 4.69) is 6.92 Å². The number of aryl methyl sites for hydroxylation is 2. The molecule has 0 N–H and O–H groups in total. The van der Waals surface area contributed by atoms with E-state index in [0.717, 1.165) is 64.5 Å². The fraction of sp³-hybridized carbons (Fsp3) is 0.435. The van der Waals surface area contributed by atoms with Gasteiger partial charge in [-0.2, -0.15) is 5.10 Å². The van der Waals surface area contributed by atoms with Gasteiger partial charge in [0.1, 0.15) is 4.88 Å². The molecule has 0 spiro atoms. The Balaban J connectivity index is 1.61. The van der Waals surface area contributed by atoms with E-state index in [-0.39, 0.29) is 5.91 Å². The van der Waals surface area contributed by atoms with Crippen LogP contribution in [0.3, 0.4) is 0 Å². The van der Waals surface area contributed by atoms with Crippen molar-refractivity contribution in [3.05, 3.63) is 62.4 Å². The second kappa shape index (κ2) is 8.90. The summed E-state index contributed by atoms with van der Waals surface area (Å²) in [5.41, 5.74) is 5.21. The van der Waals surface area contributed by atoms with E-state index in [0.29, 0.717) is 0 Å². The Morgan fingerprint density at radius 1 is 1.03 bits per heavy atom. The Hall–Kier alpha value is -2.18. The highest BCUT2D eigenvalue weighted by atomic mass is 35.5. The van der Waals surface area contributed by atoms with Gasteiger partial charge in [-0.05, 0) is 51.3 Å². The zero-order chi connectivity index (χ0) is 21.3. The van der Waals surface area contributed by atoms with Gasteiger partial charge in [0.05, 0.1) is 11.4 Å². The van der Waals surface area contributed by atoms with Crippen LogP contribution in [0.25, 0.3) is 5.13 Å². The van der Waals surface area contributed by atoms with Crippen molar-refractivity contribution in [1.82, 2.24) is 19.7 Å². The number of benzene rings is 1. The molecule has 2 aromatic heterocycles. The number of halogens is 1. The van der Waals surface area contributed by atoms with Crippen LogP contribution in [0.1, 0.15) is 63.6 Å². The maximum absolute atomic E-state index is 13.1. The first kappa shape index (κ1) is 21.1. The number of hydrogen-bond donors (Lipinski definition) is 0. The monoisotopic (exact) mass is 442 g/mol. The summed E-state index contributed by atoms with van der Waals surface area (Å²) < 4.78 is 1.89. The zero-order valence-corrected chi connectivity index (χ0v) is 19.3. The molecule has 0 aliphatic carbocycles. The normalized spacial score (nSPS) is 14.7. The van der Waals surface area contributed by atoms with Crippen LogP contribution in [0.5, 0.6) is 0 Å². The highest BCUT2D eigenvalue weighted by Gasteiger charge is 2.24. The summed E-state index contributed by atoms with van der Waals surface area (Å²) in [6.45, 7) is 7.70. The SMILES string of the molecule is Cc1nc(-n2nc(C)c(Cc3ccc(Cl)cc3)c2C)sc1C(=O)N1CCCCCC1. The molecule has 0 saturated carbocycles. The zero-order valence-electron chi connectivity index (χ0n) is 17.7. The van der Waals surface area contributed by atoms with Crippen molar-refractivity contribution in [2.75, 3.05) is 13.1 Å². The molecular weight excluding hydrogens is 416 g/mol. The standard InChI is InChI=1S/C23H27ClN4OS/c1-15-20(14-18-8-10-19(24)11-9-18)17(3)28(26-15)23-25-16(2)21(30-23)22(29)27-12-6-4-5-7-13-27/h8-11H,4-7,12-14H2,1-3H3. The van der Waals surface area contributed by atoms with Crippen LogP contribution < -0.4 is 0 Å². The first-order chi connectivity index (χ1) is 14.4. The fourth-order valence-corrected chi connectivity index (χ4v) is 5.18. The Kier molecular flexibility index (Phi) is 6.25. The van der Waals surface area contributed by atoms with Gasteiger partial charge in [-0.1, -0.05) is 47.9 Å². The third-order valence-electron chi connectivity index (χ3n) is 5.79. The van der Waals surface area contributed by atoms with Crippen molar-refractivity contribution < 1.29 is 4.79 Å². The van der Waals surface area contributed by atoms with Crippen LogP contribution in [0.15, 0.2) is 24.3 Å². The fourth-order valence-electron chi connectivity index (χ4n) is 4.01. The maximum atomic E-state index is 13.1. The lowest BCUT2D eigenvalue weighted by molar-refractivity contribution is 0.0765. The minimum Gasteiger partial charge on any atom is -0.338 e. The summed E-state index contributed by atoms with van der Waals surface area (Å²) in [4.78, 5) is 20.5. The van der Waals surface area contributed by atoms with Crippen LogP contribution in [-0.4, -0.2) is 38.7 Å². The van der Waals surface area contributed by atoms with Gasteiger partial charge in [-0.25, -0.2) is 9.67 Å². The number of hydrogen-bond acceptors (Lipinski definition) is 4. The molecule has 4 rings (SSSR count). The molecule has 0 radical (unpaired) electrons. The second-order valence-corrected chi connectivity index (χ2v) is 9.40. The van der Waals surface area contributed by atoms with Gasteiger partial charge in [-0.3, -0.25) is 4.79 Å². The molecule has 1 aliphatic heterocycles. The summed E-state index contributed by atoms with van der Waals surface area (Å²) in [6, 6.07) is 7.92. The number of rotatable bonds is 4. The van der Waals surface area contributed by atoms with E-state index in [1.807, 2.05) is 47.7 Å². The van der Waals surface area contributed by atoms with Crippen LogP contribution in [0.2, 0.25) is 5.02 Å². The molecule has 1 saturated heterocycles. The van der Waals surface area contributed by atoms with Gasteiger partial charge in [0.25, 0.3) is 5.91 Å². The van der Waals surface area contributed by atoms with Crippen molar-refractivity contribution in [3.8, 4) is 5.13 Å². The lowest BCUT2D eigenvalue weighted by Crippen LogP contribution is -2.31. The molecule has 3 aromatic rings. The third-order valence-corrected chi connectivity index (χ3v) is 7.16. The van der Waals surface area contributed by atoms with Gasteiger partial charge in [0.2, 0.25) is 5.13 Å². The average molecular weight is 443 g/mol. The van der Waals surface area contributed by atoms with Crippen LogP contribution >= 0.6 is 22.9 Å². The number of aromatic nitrogens is 3. The van der Waals surface area contributed by atoms with Gasteiger partial charge in [0, 0.05) is 35.8 Å². The molecule has 5 nitrogen and oxygen atoms in total. The minimum atomic E-state index is 0.112. The van der Waals surface area contributed by atoms with Crippen molar-refractivity contribution >= 4 is 28.8 Å². The van der Waals surface area contributed by atoms with Gasteiger partial charge in [-0.15, -0.1) is 0 Å². The number of carbonyl (C=O) groups is 1. The molecule has 30 heavy (non-hydrogen) atoms. The van der Waals surface area contributed by atoms with E-state index in [1.165, 1.54) is 35.3 Å². The predicted molar refractivity (Wildman–Crippen MR) is 122 cm³/mol. The van der Waals surface area contributed by atoms with Crippen LogP contribution in [0, 0.1) is 20.8 Å². The average Bonchev–Trinajstić information content (AvgIpc) is 3.09. The molecule has 0 unspecified atom stereocenters. The molecule has 0 bridgehead atoms. The smallest absolute Gasteiger partial charge is 0.265 e. The highest BCUT2D eigenvalue weighted by molar-refractivity contribution is 7.16. The number of likely N-dealkylation sites (tertiary alicyclic amines) is 1. The van der Waals surface area contributed by atoms with E-state index in [4.69, 9.17) is 21.7 Å². The Morgan fingerprint density at radius 2 is 1.70 bits per heavy atom. The lowest BCUT2D eigenvalue weighted by Gasteiger charge is -2.19. The summed E-state index contributed by atoms with van der Waals surface area (Å²) in [7, 11) is 0. The topological polar surface area (TPSA) is 51.0 Å². The quantitative estimate of drug-likeness (QED) is 0.534. The molecule has 1 amide bonds. The van der Waals surface area contributed by atoms with Crippen LogP contribution in [-0.2, 0) is 6.42 Å².